The Labute approximate surface area is 134 Å². The molecular formula is C21H27N. The van der Waals surface area contributed by atoms with Gasteiger partial charge in [-0.25, -0.2) is 0 Å². The average Bonchev–Trinajstić information content (AvgIpc) is 2.58. The molecule has 0 N–H and O–H groups in total. The van der Waals surface area contributed by atoms with E-state index in [1.807, 2.05) is 0 Å². The van der Waals surface area contributed by atoms with Crippen LogP contribution in [0, 0.1) is 18.8 Å². The summed E-state index contributed by atoms with van der Waals surface area (Å²) in [6.07, 6.45) is 11.7. The zero-order valence-corrected chi connectivity index (χ0v) is 13.9. The minimum absolute atomic E-state index is 0.744. The first-order valence-electron chi connectivity index (χ1n) is 8.71. The van der Waals surface area contributed by atoms with E-state index in [1.54, 1.807) is 0 Å². The molecular weight excluding hydrogens is 266 g/mol. The number of fused-ring (bicyclic) bond motifs is 1. The van der Waals surface area contributed by atoms with Crippen LogP contribution in [0.15, 0.2) is 37.1 Å². The summed E-state index contributed by atoms with van der Waals surface area (Å²) in [5.41, 5.74) is 4.11. The number of nitrogens with zero attached hydrogens (tertiary/aromatic N) is 1. The molecule has 1 fully saturated rings. The Morgan fingerprint density at radius 1 is 1.23 bits per heavy atom. The van der Waals surface area contributed by atoms with Gasteiger partial charge in [0.25, 0.3) is 0 Å². The van der Waals surface area contributed by atoms with E-state index in [-0.39, 0.29) is 0 Å². The lowest BCUT2D eigenvalue weighted by molar-refractivity contribution is 0.307. The van der Waals surface area contributed by atoms with Crippen LogP contribution in [-0.4, -0.2) is 4.98 Å². The van der Waals surface area contributed by atoms with Crippen LogP contribution in [0.3, 0.4) is 0 Å². The van der Waals surface area contributed by atoms with E-state index < -0.39 is 0 Å². The van der Waals surface area contributed by atoms with Gasteiger partial charge in [0.05, 0.1) is 0 Å². The Hall–Kier alpha value is -1.63. The molecule has 0 aliphatic heterocycles. The Balaban J connectivity index is 1.82. The first-order valence-corrected chi connectivity index (χ1v) is 8.71. The molecule has 1 heterocycles. The number of hydrogen-bond acceptors (Lipinski definition) is 1. The summed E-state index contributed by atoms with van der Waals surface area (Å²) < 4.78 is 0. The first kappa shape index (κ1) is 15.3. The Kier molecular flexibility index (Phi) is 4.61. The second-order valence-corrected chi connectivity index (χ2v) is 6.83. The second kappa shape index (κ2) is 6.64. The predicted octanol–water partition coefficient (Wildman–Crippen LogP) is 5.64. The fourth-order valence-electron chi connectivity index (χ4n) is 3.77. The van der Waals surface area contributed by atoms with Crippen LogP contribution in [0.2, 0.25) is 0 Å². The van der Waals surface area contributed by atoms with Gasteiger partial charge in [-0.1, -0.05) is 31.2 Å². The molecule has 0 radical (unpaired) electrons. The van der Waals surface area contributed by atoms with E-state index in [4.69, 9.17) is 4.98 Å². The Morgan fingerprint density at radius 2 is 2.00 bits per heavy atom. The van der Waals surface area contributed by atoms with Gasteiger partial charge in [0.1, 0.15) is 0 Å². The highest BCUT2D eigenvalue weighted by molar-refractivity contribution is 5.86. The van der Waals surface area contributed by atoms with Crippen molar-refractivity contribution in [2.24, 2.45) is 11.8 Å². The van der Waals surface area contributed by atoms with Crippen molar-refractivity contribution in [1.82, 2.24) is 4.98 Å². The van der Waals surface area contributed by atoms with Crippen LogP contribution in [0.4, 0.5) is 0 Å². The molecule has 0 bridgehead atoms. The predicted molar refractivity (Wildman–Crippen MR) is 95.2 cm³/mol. The van der Waals surface area contributed by atoms with Crippen molar-refractivity contribution in [3.8, 4) is 0 Å². The van der Waals surface area contributed by atoms with Crippen molar-refractivity contribution < 1.29 is 0 Å². The van der Waals surface area contributed by atoms with Gasteiger partial charge in [-0.2, -0.15) is 0 Å². The molecule has 1 nitrogen and oxygen atoms in total. The molecule has 1 saturated carbocycles. The third-order valence-electron chi connectivity index (χ3n) is 5.43. The number of aromatic nitrogens is 1. The summed E-state index contributed by atoms with van der Waals surface area (Å²) >= 11 is 0. The molecule has 3 rings (SSSR count). The maximum Gasteiger partial charge on any atom is 0.0441 e. The van der Waals surface area contributed by atoms with Gasteiger partial charge in [0.2, 0.25) is 0 Å². The van der Waals surface area contributed by atoms with Crippen molar-refractivity contribution in [2.75, 3.05) is 0 Å². The van der Waals surface area contributed by atoms with Crippen LogP contribution in [0.5, 0.6) is 0 Å². The number of aryl methyl sites for hydroxylation is 2. The lowest BCUT2D eigenvalue weighted by atomic mass is 9.79. The minimum atomic E-state index is 0.744. The molecule has 1 heteroatoms. The maximum absolute atomic E-state index is 4.78. The molecule has 1 aliphatic carbocycles. The number of hydrogen-bond donors (Lipinski definition) is 0. The molecule has 0 saturated heterocycles. The number of benzene rings is 1. The molecule has 116 valence electrons. The molecule has 0 atom stereocenters. The highest BCUT2D eigenvalue weighted by Crippen LogP contribution is 2.32. The van der Waals surface area contributed by atoms with E-state index in [9.17, 15) is 0 Å². The lowest BCUT2D eigenvalue weighted by Gasteiger charge is -2.26. The molecule has 0 unspecified atom stereocenters. The van der Waals surface area contributed by atoms with Crippen LogP contribution in [0.25, 0.3) is 10.8 Å². The van der Waals surface area contributed by atoms with Crippen molar-refractivity contribution in [3.05, 3.63) is 53.9 Å². The monoisotopic (exact) mass is 293 g/mol. The quantitative estimate of drug-likeness (QED) is 0.665. The van der Waals surface area contributed by atoms with Gasteiger partial charge >= 0.3 is 0 Å². The molecule has 1 aromatic heterocycles. The van der Waals surface area contributed by atoms with Gasteiger partial charge < -0.3 is 0 Å². The Bertz CT molecular complexity index is 663. The summed E-state index contributed by atoms with van der Waals surface area (Å²) in [6.45, 7) is 8.41. The van der Waals surface area contributed by atoms with Gasteiger partial charge in [0, 0.05) is 17.3 Å². The van der Waals surface area contributed by atoms with E-state index in [0.717, 1.165) is 24.7 Å². The SMILES string of the molecule is C=CC1CCC(Cc2ncc3ccc(CC)cc3c2C)CC1. The fraction of sp³-hybridized carbons (Fsp3) is 0.476. The zero-order valence-electron chi connectivity index (χ0n) is 13.9. The largest absolute Gasteiger partial charge is 0.260 e. The van der Waals surface area contributed by atoms with Crippen molar-refractivity contribution in [2.45, 2.75) is 52.4 Å². The normalized spacial score (nSPS) is 21.9. The van der Waals surface area contributed by atoms with E-state index in [2.05, 4.69) is 50.9 Å². The number of rotatable bonds is 4. The molecule has 1 aliphatic rings. The third kappa shape index (κ3) is 3.09. The smallest absolute Gasteiger partial charge is 0.0441 e. The number of allylic oxidation sites excluding steroid dienone is 1. The van der Waals surface area contributed by atoms with Crippen LogP contribution >= 0.6 is 0 Å². The van der Waals surface area contributed by atoms with Crippen molar-refractivity contribution in [3.63, 3.8) is 0 Å². The molecule has 0 spiro atoms. The summed E-state index contributed by atoms with van der Waals surface area (Å²) in [4.78, 5) is 4.78. The summed E-state index contributed by atoms with van der Waals surface area (Å²) in [6, 6.07) is 6.79. The number of pyridine rings is 1. The topological polar surface area (TPSA) is 12.9 Å². The van der Waals surface area contributed by atoms with Crippen molar-refractivity contribution >= 4 is 10.8 Å². The van der Waals surface area contributed by atoms with E-state index in [0.29, 0.717) is 0 Å². The van der Waals surface area contributed by atoms with Crippen LogP contribution < -0.4 is 0 Å². The third-order valence-corrected chi connectivity index (χ3v) is 5.43. The highest BCUT2D eigenvalue weighted by atomic mass is 14.7. The van der Waals surface area contributed by atoms with Gasteiger partial charge in [-0.3, -0.25) is 4.98 Å². The second-order valence-electron chi connectivity index (χ2n) is 6.83. The maximum atomic E-state index is 4.78. The minimum Gasteiger partial charge on any atom is -0.260 e. The standard InChI is InChI=1S/C21H27N/c1-4-16-6-8-18(9-7-16)13-21-15(3)20-12-17(5-2)10-11-19(20)14-22-21/h4,10-12,14,16,18H,1,5-9,13H2,2-3H3. The summed E-state index contributed by atoms with van der Waals surface area (Å²) in [5, 5.41) is 2.66. The van der Waals surface area contributed by atoms with Crippen molar-refractivity contribution in [1.29, 1.82) is 0 Å². The summed E-state index contributed by atoms with van der Waals surface area (Å²) in [7, 11) is 0. The highest BCUT2D eigenvalue weighted by Gasteiger charge is 2.20. The van der Waals surface area contributed by atoms with Gasteiger partial charge in [-0.05, 0) is 73.8 Å². The van der Waals surface area contributed by atoms with Gasteiger partial charge in [0.15, 0.2) is 0 Å². The molecule has 0 amide bonds. The van der Waals surface area contributed by atoms with E-state index in [1.165, 1.54) is 53.3 Å². The van der Waals surface area contributed by atoms with E-state index >= 15 is 0 Å². The molecule has 22 heavy (non-hydrogen) atoms. The fourth-order valence-corrected chi connectivity index (χ4v) is 3.77. The van der Waals surface area contributed by atoms with Crippen LogP contribution in [-0.2, 0) is 12.8 Å². The zero-order chi connectivity index (χ0) is 15.5. The summed E-state index contributed by atoms with van der Waals surface area (Å²) in [5.74, 6) is 1.54. The lowest BCUT2D eigenvalue weighted by Crippen LogP contribution is -2.16. The average molecular weight is 293 g/mol. The Morgan fingerprint density at radius 3 is 2.68 bits per heavy atom. The first-order chi connectivity index (χ1) is 10.7. The molecule has 2 aromatic rings. The van der Waals surface area contributed by atoms with Crippen LogP contribution in [0.1, 0.15) is 49.4 Å². The molecule has 1 aromatic carbocycles. The van der Waals surface area contributed by atoms with Gasteiger partial charge in [-0.15, -0.1) is 6.58 Å².